The van der Waals surface area contributed by atoms with Gasteiger partial charge in [0.1, 0.15) is 24.3 Å². The van der Waals surface area contributed by atoms with E-state index in [0.717, 1.165) is 21.9 Å². The van der Waals surface area contributed by atoms with Gasteiger partial charge in [0.2, 0.25) is 0 Å². The van der Waals surface area contributed by atoms with Gasteiger partial charge < -0.3 is 0 Å². The van der Waals surface area contributed by atoms with Gasteiger partial charge in [0.05, 0.1) is 22.3 Å². The zero-order chi connectivity index (χ0) is 23.6. The van der Waals surface area contributed by atoms with Crippen molar-refractivity contribution in [3.05, 3.63) is 57.6 Å². The average Bonchev–Trinajstić information content (AvgIpc) is 2.73. The van der Waals surface area contributed by atoms with Crippen LogP contribution < -0.4 is 0 Å². The second-order valence-electron chi connectivity index (χ2n) is 10.3. The number of hydrogen-bond acceptors (Lipinski definition) is 4. The SMILES string of the molecule is CC(C)(C)c1cc2c(C#N)c(C#N)c3cc(C(C)(C)C)cc4c(C#N)c(C#N)c(c1)c2c34. The van der Waals surface area contributed by atoms with E-state index in [1.54, 1.807) is 0 Å². The topological polar surface area (TPSA) is 95.2 Å². The van der Waals surface area contributed by atoms with Gasteiger partial charge in [-0.1, -0.05) is 41.5 Å². The molecule has 4 heteroatoms. The number of nitriles is 4. The van der Waals surface area contributed by atoms with Crippen LogP contribution in [-0.2, 0) is 10.8 Å². The van der Waals surface area contributed by atoms with Crippen molar-refractivity contribution < 1.29 is 0 Å². The fourth-order valence-electron chi connectivity index (χ4n) is 4.48. The standard InChI is InChI=1S/C28H22N4/c1-27(2,3)15-7-17-21(11-29)23(13-31)19-9-16(28(4,5)6)10-20-24(14-32)22(12-30)18(8-15)25(17)26(19)20/h7-10H,1-6H3. The van der Waals surface area contributed by atoms with Crippen molar-refractivity contribution >= 4 is 32.3 Å². The van der Waals surface area contributed by atoms with Crippen molar-refractivity contribution in [3.8, 4) is 24.3 Å². The maximum absolute atomic E-state index is 10.1. The van der Waals surface area contributed by atoms with Crippen LogP contribution in [0.25, 0.3) is 32.3 Å². The monoisotopic (exact) mass is 414 g/mol. The molecule has 154 valence electrons. The van der Waals surface area contributed by atoms with Gasteiger partial charge in [-0.2, -0.15) is 21.0 Å². The minimum absolute atomic E-state index is 0.247. The van der Waals surface area contributed by atoms with E-state index in [9.17, 15) is 21.0 Å². The highest BCUT2D eigenvalue weighted by atomic mass is 14.4. The van der Waals surface area contributed by atoms with E-state index in [-0.39, 0.29) is 10.8 Å². The smallest absolute Gasteiger partial charge is 0.101 e. The van der Waals surface area contributed by atoms with Crippen LogP contribution in [0.2, 0.25) is 0 Å². The summed E-state index contributed by atoms with van der Waals surface area (Å²) in [7, 11) is 0. The molecule has 0 aliphatic heterocycles. The minimum Gasteiger partial charge on any atom is -0.192 e. The molecular formula is C28H22N4. The molecule has 0 N–H and O–H groups in total. The van der Waals surface area contributed by atoms with Crippen LogP contribution in [0.4, 0.5) is 0 Å². The Morgan fingerprint density at radius 3 is 0.844 bits per heavy atom. The normalized spacial score (nSPS) is 11.9. The summed E-state index contributed by atoms with van der Waals surface area (Å²) in [6, 6.07) is 16.9. The molecule has 0 amide bonds. The Morgan fingerprint density at radius 2 is 0.688 bits per heavy atom. The molecule has 0 fully saturated rings. The predicted molar refractivity (Wildman–Crippen MR) is 126 cm³/mol. The number of hydrogen-bond donors (Lipinski definition) is 0. The van der Waals surface area contributed by atoms with Gasteiger partial charge in [-0.3, -0.25) is 0 Å². The van der Waals surface area contributed by atoms with Crippen LogP contribution in [0, 0.1) is 45.3 Å². The Labute approximate surface area is 187 Å². The molecule has 4 nitrogen and oxygen atoms in total. The Hall–Kier alpha value is -4.12. The fourth-order valence-corrected chi connectivity index (χ4v) is 4.48. The minimum atomic E-state index is -0.247. The molecule has 32 heavy (non-hydrogen) atoms. The molecular weight excluding hydrogens is 392 g/mol. The molecule has 0 aliphatic rings. The summed E-state index contributed by atoms with van der Waals surface area (Å²) >= 11 is 0. The quantitative estimate of drug-likeness (QED) is 0.300. The molecule has 0 radical (unpaired) electrons. The molecule has 4 aromatic carbocycles. The third kappa shape index (κ3) is 2.78. The Morgan fingerprint density at radius 1 is 0.469 bits per heavy atom. The van der Waals surface area contributed by atoms with Gasteiger partial charge in [-0.15, -0.1) is 0 Å². The molecule has 4 aromatic rings. The zero-order valence-corrected chi connectivity index (χ0v) is 19.1. The summed E-state index contributed by atoms with van der Waals surface area (Å²) < 4.78 is 0. The van der Waals surface area contributed by atoms with Gasteiger partial charge in [0, 0.05) is 32.3 Å². The molecule has 4 rings (SSSR count). The first-order valence-corrected chi connectivity index (χ1v) is 10.5. The molecule has 0 unspecified atom stereocenters. The van der Waals surface area contributed by atoms with E-state index in [4.69, 9.17) is 0 Å². The summed E-state index contributed by atoms with van der Waals surface area (Å²) in [6.45, 7) is 12.4. The first-order chi connectivity index (χ1) is 15.0. The van der Waals surface area contributed by atoms with Gasteiger partial charge in [-0.25, -0.2) is 0 Å². The Kier molecular flexibility index (Phi) is 4.42. The Bertz CT molecular complexity index is 1390. The van der Waals surface area contributed by atoms with E-state index in [2.05, 4.69) is 65.8 Å². The number of benzene rings is 4. The molecule has 0 aromatic heterocycles. The van der Waals surface area contributed by atoms with E-state index < -0.39 is 0 Å². The summed E-state index contributed by atoms with van der Waals surface area (Å²) in [5.41, 5.74) is 2.66. The Balaban J connectivity index is 2.50. The highest BCUT2D eigenvalue weighted by Gasteiger charge is 2.27. The summed E-state index contributed by atoms with van der Waals surface area (Å²) in [6.07, 6.45) is 0. The van der Waals surface area contributed by atoms with Crippen molar-refractivity contribution in [2.75, 3.05) is 0 Å². The first-order valence-electron chi connectivity index (χ1n) is 10.5. The van der Waals surface area contributed by atoms with Crippen molar-refractivity contribution in [1.82, 2.24) is 0 Å². The van der Waals surface area contributed by atoms with E-state index in [1.807, 2.05) is 24.3 Å². The zero-order valence-electron chi connectivity index (χ0n) is 19.1. The molecule has 0 bridgehead atoms. The van der Waals surface area contributed by atoms with E-state index in [1.165, 1.54) is 0 Å². The number of nitrogens with zero attached hydrogens (tertiary/aromatic N) is 4. The first kappa shape index (κ1) is 21.1. The lowest BCUT2D eigenvalue weighted by Gasteiger charge is -2.25. The van der Waals surface area contributed by atoms with E-state index >= 15 is 0 Å². The van der Waals surface area contributed by atoms with Crippen LogP contribution in [-0.4, -0.2) is 0 Å². The van der Waals surface area contributed by atoms with Crippen LogP contribution in [0.15, 0.2) is 24.3 Å². The lowest BCUT2D eigenvalue weighted by Crippen LogP contribution is -2.13. The van der Waals surface area contributed by atoms with Gasteiger partial charge >= 0.3 is 0 Å². The van der Waals surface area contributed by atoms with Crippen LogP contribution in [0.1, 0.15) is 74.9 Å². The van der Waals surface area contributed by atoms with Gasteiger partial charge in [0.25, 0.3) is 0 Å². The lowest BCUT2D eigenvalue weighted by atomic mass is 9.77. The molecule has 0 heterocycles. The van der Waals surface area contributed by atoms with Crippen molar-refractivity contribution in [1.29, 1.82) is 21.0 Å². The maximum Gasteiger partial charge on any atom is 0.101 e. The van der Waals surface area contributed by atoms with Crippen molar-refractivity contribution in [2.24, 2.45) is 0 Å². The van der Waals surface area contributed by atoms with Crippen LogP contribution in [0.5, 0.6) is 0 Å². The molecule has 0 aliphatic carbocycles. The third-order valence-corrected chi connectivity index (χ3v) is 6.28. The highest BCUT2D eigenvalue weighted by molar-refractivity contribution is 6.28. The molecule has 0 spiro atoms. The van der Waals surface area contributed by atoms with Crippen molar-refractivity contribution in [2.45, 2.75) is 52.4 Å². The maximum atomic E-state index is 10.1. The largest absolute Gasteiger partial charge is 0.192 e. The lowest BCUT2D eigenvalue weighted by molar-refractivity contribution is 0.591. The van der Waals surface area contributed by atoms with Crippen LogP contribution >= 0.6 is 0 Å². The molecule has 0 saturated heterocycles. The summed E-state index contributed by atoms with van der Waals surface area (Å²) in [5, 5.41) is 44.6. The fraction of sp³-hybridized carbons (Fsp3) is 0.286. The van der Waals surface area contributed by atoms with Crippen LogP contribution in [0.3, 0.4) is 0 Å². The second-order valence-corrected chi connectivity index (χ2v) is 10.3. The third-order valence-electron chi connectivity index (χ3n) is 6.28. The number of rotatable bonds is 0. The summed E-state index contributed by atoms with van der Waals surface area (Å²) in [5.74, 6) is 0. The average molecular weight is 415 g/mol. The molecule has 0 atom stereocenters. The molecule has 0 saturated carbocycles. The van der Waals surface area contributed by atoms with Gasteiger partial charge in [-0.05, 0) is 46.2 Å². The van der Waals surface area contributed by atoms with Crippen molar-refractivity contribution in [3.63, 3.8) is 0 Å². The second kappa shape index (κ2) is 6.69. The highest BCUT2D eigenvalue weighted by Crippen LogP contribution is 2.45. The summed E-state index contributed by atoms with van der Waals surface area (Å²) in [4.78, 5) is 0. The van der Waals surface area contributed by atoms with E-state index in [0.29, 0.717) is 43.8 Å². The van der Waals surface area contributed by atoms with Gasteiger partial charge in [0.15, 0.2) is 0 Å². The predicted octanol–water partition coefficient (Wildman–Crippen LogP) is 6.67.